The smallest absolute Gasteiger partial charge is 0.160 e. The van der Waals surface area contributed by atoms with Gasteiger partial charge in [-0.1, -0.05) is 72.3 Å². The van der Waals surface area contributed by atoms with Crippen LogP contribution in [0, 0.1) is 0 Å². The van der Waals surface area contributed by atoms with Crippen LogP contribution in [0.4, 0.5) is 0 Å². The van der Waals surface area contributed by atoms with Crippen LogP contribution in [0.2, 0.25) is 5.02 Å². The predicted molar refractivity (Wildman–Crippen MR) is 106 cm³/mol. The van der Waals surface area contributed by atoms with E-state index in [1.165, 1.54) is 0 Å². The molecule has 25 heavy (non-hydrogen) atoms. The first kappa shape index (κ1) is 17.1. The van der Waals surface area contributed by atoms with E-state index in [4.69, 9.17) is 21.6 Å². The standard InChI is InChI=1S/C22H19ClN2/c1-3-9-16(4-2)22-24-20(17-10-6-5-7-11-17)15-21(25-22)18-12-8-13-19(23)14-18/h3-15H,1-2H3/b9-3-,16-4+. The SMILES string of the molecule is C/C=C\C(=C/C)c1nc(-c2ccccc2)cc(-c2cccc(Cl)c2)n1. The molecule has 2 aromatic carbocycles. The maximum Gasteiger partial charge on any atom is 0.160 e. The van der Waals surface area contributed by atoms with E-state index in [2.05, 4.69) is 12.1 Å². The van der Waals surface area contributed by atoms with Gasteiger partial charge in [-0.3, -0.25) is 0 Å². The number of halogens is 1. The van der Waals surface area contributed by atoms with Crippen LogP contribution in [0.5, 0.6) is 0 Å². The molecule has 0 saturated heterocycles. The van der Waals surface area contributed by atoms with E-state index in [1.807, 2.05) is 80.6 Å². The first-order valence-electron chi connectivity index (χ1n) is 8.21. The van der Waals surface area contributed by atoms with Gasteiger partial charge in [0.05, 0.1) is 11.4 Å². The second-order valence-corrected chi connectivity index (χ2v) is 6.02. The highest BCUT2D eigenvalue weighted by atomic mass is 35.5. The second-order valence-electron chi connectivity index (χ2n) is 5.58. The third kappa shape index (κ3) is 4.04. The van der Waals surface area contributed by atoms with E-state index in [0.717, 1.165) is 28.1 Å². The van der Waals surface area contributed by atoms with Gasteiger partial charge in [-0.2, -0.15) is 0 Å². The molecule has 0 radical (unpaired) electrons. The first-order valence-corrected chi connectivity index (χ1v) is 8.59. The van der Waals surface area contributed by atoms with Gasteiger partial charge in [0.2, 0.25) is 0 Å². The lowest BCUT2D eigenvalue weighted by molar-refractivity contribution is 1.13. The number of rotatable bonds is 4. The van der Waals surface area contributed by atoms with Gasteiger partial charge in [0.15, 0.2) is 5.82 Å². The van der Waals surface area contributed by atoms with Crippen LogP contribution in [0.1, 0.15) is 19.7 Å². The zero-order valence-electron chi connectivity index (χ0n) is 14.3. The van der Waals surface area contributed by atoms with E-state index in [1.54, 1.807) is 0 Å². The molecule has 3 rings (SSSR count). The summed E-state index contributed by atoms with van der Waals surface area (Å²) in [6.07, 6.45) is 6.03. The van der Waals surface area contributed by atoms with Crippen molar-refractivity contribution >= 4 is 17.2 Å². The van der Waals surface area contributed by atoms with Crippen molar-refractivity contribution in [2.75, 3.05) is 0 Å². The fraction of sp³-hybridized carbons (Fsp3) is 0.0909. The lowest BCUT2D eigenvalue weighted by Gasteiger charge is -2.10. The molecule has 1 heterocycles. The topological polar surface area (TPSA) is 25.8 Å². The van der Waals surface area contributed by atoms with Crippen molar-refractivity contribution in [2.24, 2.45) is 0 Å². The lowest BCUT2D eigenvalue weighted by atomic mass is 10.1. The summed E-state index contributed by atoms with van der Waals surface area (Å²) in [6.45, 7) is 3.98. The molecule has 0 unspecified atom stereocenters. The van der Waals surface area contributed by atoms with E-state index in [9.17, 15) is 0 Å². The molecule has 0 aliphatic rings. The average molecular weight is 347 g/mol. The molecular formula is C22H19ClN2. The maximum atomic E-state index is 6.16. The Morgan fingerprint density at radius 1 is 0.840 bits per heavy atom. The van der Waals surface area contributed by atoms with Crippen molar-refractivity contribution in [1.29, 1.82) is 0 Å². The van der Waals surface area contributed by atoms with Gasteiger partial charge in [-0.05, 0) is 32.0 Å². The van der Waals surface area contributed by atoms with E-state index < -0.39 is 0 Å². The van der Waals surface area contributed by atoms with Crippen molar-refractivity contribution in [2.45, 2.75) is 13.8 Å². The molecule has 0 N–H and O–H groups in total. The molecule has 0 atom stereocenters. The quantitative estimate of drug-likeness (QED) is 0.508. The second kappa shape index (κ2) is 7.91. The molecule has 124 valence electrons. The number of hydrogen-bond donors (Lipinski definition) is 0. The Kier molecular flexibility index (Phi) is 5.42. The monoisotopic (exact) mass is 346 g/mol. The summed E-state index contributed by atoms with van der Waals surface area (Å²) in [6, 6.07) is 19.9. The van der Waals surface area contributed by atoms with Gasteiger partial charge in [0.1, 0.15) is 0 Å². The highest BCUT2D eigenvalue weighted by Gasteiger charge is 2.10. The van der Waals surface area contributed by atoms with Gasteiger partial charge >= 0.3 is 0 Å². The Labute approximate surface area is 153 Å². The summed E-state index contributed by atoms with van der Waals surface area (Å²) in [5.41, 5.74) is 4.78. The van der Waals surface area contributed by atoms with Crippen LogP contribution in [-0.4, -0.2) is 9.97 Å². The van der Waals surface area contributed by atoms with Gasteiger partial charge in [0.25, 0.3) is 0 Å². The van der Waals surface area contributed by atoms with Crippen LogP contribution >= 0.6 is 11.6 Å². The van der Waals surface area contributed by atoms with Crippen LogP contribution in [-0.2, 0) is 0 Å². The largest absolute Gasteiger partial charge is 0.228 e. The van der Waals surface area contributed by atoms with Crippen LogP contribution < -0.4 is 0 Å². The molecule has 0 saturated carbocycles. The van der Waals surface area contributed by atoms with Gasteiger partial charge in [-0.15, -0.1) is 0 Å². The van der Waals surface area contributed by atoms with E-state index >= 15 is 0 Å². The summed E-state index contributed by atoms with van der Waals surface area (Å²) < 4.78 is 0. The zero-order chi connectivity index (χ0) is 17.6. The Morgan fingerprint density at radius 2 is 1.52 bits per heavy atom. The Bertz CT molecular complexity index is 928. The Morgan fingerprint density at radius 3 is 2.16 bits per heavy atom. The molecule has 1 aromatic heterocycles. The lowest BCUT2D eigenvalue weighted by Crippen LogP contribution is -1.98. The molecule has 3 aromatic rings. The molecular weight excluding hydrogens is 328 g/mol. The van der Waals surface area contributed by atoms with E-state index in [-0.39, 0.29) is 0 Å². The number of benzene rings is 2. The molecule has 0 amide bonds. The highest BCUT2D eigenvalue weighted by Crippen LogP contribution is 2.27. The van der Waals surface area contributed by atoms with Crippen LogP contribution in [0.3, 0.4) is 0 Å². The number of nitrogens with zero attached hydrogens (tertiary/aromatic N) is 2. The molecule has 0 bridgehead atoms. The molecule has 0 spiro atoms. The van der Waals surface area contributed by atoms with Gasteiger partial charge < -0.3 is 0 Å². The summed E-state index contributed by atoms with van der Waals surface area (Å²) in [7, 11) is 0. The summed E-state index contributed by atoms with van der Waals surface area (Å²) in [5, 5.41) is 0.693. The van der Waals surface area contributed by atoms with Crippen molar-refractivity contribution in [3.8, 4) is 22.5 Å². The number of aromatic nitrogens is 2. The Hall–Kier alpha value is -2.71. The maximum absolute atomic E-state index is 6.16. The first-order chi connectivity index (χ1) is 12.2. The minimum Gasteiger partial charge on any atom is -0.228 e. The predicted octanol–water partition coefficient (Wildman–Crippen LogP) is 6.44. The molecule has 2 nitrogen and oxygen atoms in total. The highest BCUT2D eigenvalue weighted by molar-refractivity contribution is 6.30. The summed E-state index contributed by atoms with van der Waals surface area (Å²) in [4.78, 5) is 9.55. The minimum atomic E-state index is 0.693. The average Bonchev–Trinajstić information content (AvgIpc) is 2.66. The van der Waals surface area contributed by atoms with Crippen molar-refractivity contribution < 1.29 is 0 Å². The van der Waals surface area contributed by atoms with Gasteiger partial charge in [-0.25, -0.2) is 9.97 Å². The van der Waals surface area contributed by atoms with Crippen LogP contribution in [0.15, 0.2) is 78.9 Å². The van der Waals surface area contributed by atoms with Crippen molar-refractivity contribution in [3.63, 3.8) is 0 Å². The van der Waals surface area contributed by atoms with Crippen molar-refractivity contribution in [1.82, 2.24) is 9.97 Å². The normalized spacial score (nSPS) is 11.9. The molecule has 0 fully saturated rings. The molecule has 0 aliphatic heterocycles. The number of hydrogen-bond acceptors (Lipinski definition) is 2. The Balaban J connectivity index is 2.21. The zero-order valence-corrected chi connectivity index (χ0v) is 15.0. The third-order valence-corrected chi connectivity index (χ3v) is 4.07. The summed E-state index contributed by atoms with van der Waals surface area (Å²) >= 11 is 6.16. The fourth-order valence-corrected chi connectivity index (χ4v) is 2.80. The summed E-state index contributed by atoms with van der Waals surface area (Å²) in [5.74, 6) is 0.705. The fourth-order valence-electron chi connectivity index (χ4n) is 2.61. The molecule has 3 heteroatoms. The number of allylic oxidation sites excluding steroid dienone is 4. The van der Waals surface area contributed by atoms with Crippen molar-refractivity contribution in [3.05, 3.63) is 89.7 Å². The van der Waals surface area contributed by atoms with Gasteiger partial charge in [0, 0.05) is 21.7 Å². The molecule has 0 aliphatic carbocycles. The third-order valence-electron chi connectivity index (χ3n) is 3.83. The minimum absolute atomic E-state index is 0.693. The van der Waals surface area contributed by atoms with Crippen LogP contribution in [0.25, 0.3) is 28.1 Å². The van der Waals surface area contributed by atoms with E-state index in [0.29, 0.717) is 10.8 Å².